The molecule has 0 radical (unpaired) electrons. The topological polar surface area (TPSA) is 123 Å². The van der Waals surface area contributed by atoms with E-state index in [1.54, 1.807) is 12.2 Å². The van der Waals surface area contributed by atoms with Crippen molar-refractivity contribution in [2.24, 2.45) is 5.41 Å². The number of imide groups is 1. The Balaban J connectivity index is 1.05. The van der Waals surface area contributed by atoms with Gasteiger partial charge in [0.1, 0.15) is 18.0 Å². The summed E-state index contributed by atoms with van der Waals surface area (Å²) >= 11 is 0. The van der Waals surface area contributed by atoms with Crippen molar-refractivity contribution >= 4 is 23.6 Å². The Kier molecular flexibility index (Phi) is 10.2. The summed E-state index contributed by atoms with van der Waals surface area (Å²) in [5.74, 6) is -0.118. The third-order valence-corrected chi connectivity index (χ3v) is 7.88. The third kappa shape index (κ3) is 7.86. The molecule has 0 aromatic heterocycles. The average Bonchev–Trinajstić information content (AvgIpc) is 3.63. The van der Waals surface area contributed by atoms with E-state index >= 15 is 0 Å². The number of benzene rings is 1. The maximum absolute atomic E-state index is 12.7. The molecule has 0 saturated carbocycles. The summed E-state index contributed by atoms with van der Waals surface area (Å²) in [5, 5.41) is 5.87. The van der Waals surface area contributed by atoms with E-state index in [1.165, 1.54) is 0 Å². The van der Waals surface area contributed by atoms with Crippen molar-refractivity contribution in [2.75, 3.05) is 32.8 Å². The number of amides is 4. The van der Waals surface area contributed by atoms with E-state index in [0.717, 1.165) is 23.5 Å². The van der Waals surface area contributed by atoms with Crippen molar-refractivity contribution in [1.29, 1.82) is 0 Å². The Labute approximate surface area is 247 Å². The fourth-order valence-electron chi connectivity index (χ4n) is 5.09. The largest absolute Gasteiger partial charge is 0.494 e. The molecule has 0 aliphatic carbocycles. The Hall–Kier alpha value is -3.50. The third-order valence-electron chi connectivity index (χ3n) is 7.88. The second-order valence-electron chi connectivity index (χ2n) is 12.2. The smallest absolute Gasteiger partial charge is 0.260 e. The first-order valence-electron chi connectivity index (χ1n) is 14.8. The number of unbranched alkanes of at least 4 members (excludes halogenated alkanes) is 1. The predicted octanol–water partition coefficient (Wildman–Crippen LogP) is 3.07. The average molecular weight is 582 g/mol. The molecule has 10 nitrogen and oxygen atoms in total. The molecule has 10 heteroatoms. The Bertz CT molecular complexity index is 1190. The standard InChI is InChI=1S/C32H43N3O7/c1-31(2,30(39)34-17-8-9-20-40-22-10-6-5-7-11-22)16-21-41-32(3,4)15-18-33-25(36)14-19-35-28(37)26-23-12-13-24(42-23)27(26)29(35)38/h5-7,10-13,23-24H,8-9,14-21H2,1-4H3,(H,33,36)(H,34,39). The van der Waals surface area contributed by atoms with Crippen LogP contribution in [0.25, 0.3) is 0 Å². The number of hydrogen-bond donors (Lipinski definition) is 2. The molecule has 0 spiro atoms. The Morgan fingerprint density at radius 3 is 2.21 bits per heavy atom. The molecule has 228 valence electrons. The van der Waals surface area contributed by atoms with E-state index in [1.807, 2.05) is 58.0 Å². The highest BCUT2D eigenvalue weighted by Gasteiger charge is 2.51. The summed E-state index contributed by atoms with van der Waals surface area (Å²) in [7, 11) is 0. The van der Waals surface area contributed by atoms with Crippen molar-refractivity contribution in [1.82, 2.24) is 15.5 Å². The second-order valence-corrected chi connectivity index (χ2v) is 12.2. The number of nitrogens with one attached hydrogen (secondary N) is 2. The fourth-order valence-corrected chi connectivity index (χ4v) is 5.09. The van der Waals surface area contributed by atoms with Crippen molar-refractivity contribution in [3.8, 4) is 5.75 Å². The highest BCUT2D eigenvalue weighted by molar-refractivity contribution is 6.21. The monoisotopic (exact) mass is 581 g/mol. The zero-order valence-corrected chi connectivity index (χ0v) is 25.1. The molecule has 2 N–H and O–H groups in total. The molecule has 0 fully saturated rings. The lowest BCUT2D eigenvalue weighted by atomic mass is 9.88. The molecular weight excluding hydrogens is 538 g/mol. The van der Waals surface area contributed by atoms with Crippen molar-refractivity contribution < 1.29 is 33.4 Å². The summed E-state index contributed by atoms with van der Waals surface area (Å²) in [4.78, 5) is 51.6. The summed E-state index contributed by atoms with van der Waals surface area (Å²) in [6.07, 6.45) is 5.53. The normalized spacial score (nSPS) is 19.5. The van der Waals surface area contributed by atoms with Gasteiger partial charge in [-0.3, -0.25) is 24.1 Å². The minimum Gasteiger partial charge on any atom is -0.494 e. The van der Waals surface area contributed by atoms with Crippen LogP contribution in [0.2, 0.25) is 0 Å². The van der Waals surface area contributed by atoms with Crippen LogP contribution in [0.1, 0.15) is 59.8 Å². The lowest BCUT2D eigenvalue weighted by molar-refractivity contribution is -0.139. The van der Waals surface area contributed by atoms with E-state index in [4.69, 9.17) is 14.2 Å². The first-order valence-corrected chi connectivity index (χ1v) is 14.8. The number of para-hydroxylation sites is 1. The number of nitrogens with zero attached hydrogens (tertiary/aromatic N) is 1. The minimum atomic E-state index is -0.577. The van der Waals surface area contributed by atoms with Gasteiger partial charge in [0.15, 0.2) is 0 Å². The van der Waals surface area contributed by atoms with Crippen LogP contribution in [0.5, 0.6) is 5.75 Å². The van der Waals surface area contributed by atoms with E-state index in [-0.39, 0.29) is 36.6 Å². The number of hydrogen-bond acceptors (Lipinski definition) is 7. The van der Waals surface area contributed by atoms with Crippen LogP contribution < -0.4 is 15.4 Å². The van der Waals surface area contributed by atoms with Crippen LogP contribution in [-0.2, 0) is 28.7 Å². The van der Waals surface area contributed by atoms with Gasteiger partial charge in [0.25, 0.3) is 11.8 Å². The molecule has 4 rings (SSSR count). The van der Waals surface area contributed by atoms with Gasteiger partial charge in [-0.05, 0) is 51.7 Å². The molecule has 3 heterocycles. The van der Waals surface area contributed by atoms with E-state index in [0.29, 0.717) is 50.3 Å². The summed E-state index contributed by atoms with van der Waals surface area (Å²) in [6, 6.07) is 9.67. The highest BCUT2D eigenvalue weighted by Crippen LogP contribution is 2.40. The van der Waals surface area contributed by atoms with Crippen LogP contribution in [0.4, 0.5) is 0 Å². The predicted molar refractivity (Wildman–Crippen MR) is 156 cm³/mol. The van der Waals surface area contributed by atoms with Gasteiger partial charge < -0.3 is 24.8 Å². The minimum absolute atomic E-state index is 0.00742. The Morgan fingerprint density at radius 1 is 0.881 bits per heavy atom. The number of rotatable bonds is 17. The van der Waals surface area contributed by atoms with Crippen molar-refractivity contribution in [2.45, 2.75) is 77.6 Å². The van der Waals surface area contributed by atoms with Crippen LogP contribution in [0.15, 0.2) is 53.6 Å². The van der Waals surface area contributed by atoms with E-state index < -0.39 is 23.2 Å². The van der Waals surface area contributed by atoms with E-state index in [9.17, 15) is 19.2 Å². The number of carbonyl (C=O) groups is 4. The molecule has 3 aliphatic rings. The molecule has 2 bridgehead atoms. The second kappa shape index (κ2) is 13.6. The van der Waals surface area contributed by atoms with Gasteiger partial charge in [-0.1, -0.05) is 44.2 Å². The van der Waals surface area contributed by atoms with Gasteiger partial charge in [0.05, 0.1) is 23.4 Å². The van der Waals surface area contributed by atoms with Gasteiger partial charge in [-0.2, -0.15) is 0 Å². The van der Waals surface area contributed by atoms with E-state index in [2.05, 4.69) is 10.6 Å². The van der Waals surface area contributed by atoms with Gasteiger partial charge in [-0.25, -0.2) is 0 Å². The summed E-state index contributed by atoms with van der Waals surface area (Å²) in [6.45, 7) is 9.75. The lowest BCUT2D eigenvalue weighted by Gasteiger charge is -2.29. The summed E-state index contributed by atoms with van der Waals surface area (Å²) in [5.41, 5.74) is -0.253. The molecule has 4 amide bonds. The maximum Gasteiger partial charge on any atom is 0.260 e. The van der Waals surface area contributed by atoms with Crippen molar-refractivity contribution in [3.63, 3.8) is 0 Å². The van der Waals surface area contributed by atoms with Gasteiger partial charge in [0, 0.05) is 38.1 Å². The van der Waals surface area contributed by atoms with Gasteiger partial charge in [0.2, 0.25) is 11.8 Å². The molecule has 2 atom stereocenters. The molecule has 3 aliphatic heterocycles. The zero-order valence-electron chi connectivity index (χ0n) is 25.1. The Morgan fingerprint density at radius 2 is 1.55 bits per heavy atom. The number of fused-ring (bicyclic) bond motifs is 4. The van der Waals surface area contributed by atoms with Gasteiger partial charge >= 0.3 is 0 Å². The first-order chi connectivity index (χ1) is 20.0. The highest BCUT2D eigenvalue weighted by atomic mass is 16.5. The molecule has 1 aromatic rings. The molecule has 2 unspecified atom stereocenters. The van der Waals surface area contributed by atoms with Crippen molar-refractivity contribution in [3.05, 3.63) is 53.6 Å². The molecule has 0 saturated heterocycles. The van der Waals surface area contributed by atoms with Crippen LogP contribution in [0.3, 0.4) is 0 Å². The number of ether oxygens (including phenoxy) is 3. The quantitative estimate of drug-likeness (QED) is 0.165. The summed E-state index contributed by atoms with van der Waals surface area (Å²) < 4.78 is 17.3. The fraction of sp³-hybridized carbons (Fsp3) is 0.562. The molecule has 42 heavy (non-hydrogen) atoms. The van der Waals surface area contributed by atoms with Crippen LogP contribution >= 0.6 is 0 Å². The van der Waals surface area contributed by atoms with Gasteiger partial charge in [-0.15, -0.1) is 0 Å². The maximum atomic E-state index is 12.7. The lowest BCUT2D eigenvalue weighted by Crippen LogP contribution is -2.40. The number of carbonyl (C=O) groups excluding carboxylic acids is 4. The molecule has 1 aromatic carbocycles. The van der Waals surface area contributed by atoms with Crippen LogP contribution in [0, 0.1) is 5.41 Å². The molecular formula is C32H43N3O7. The SMILES string of the molecule is CC(C)(CCNC(=O)CCN1C(=O)C2=C(C1=O)C1C=CC2O1)OCCC(C)(C)C(=O)NCCCCOc1ccccc1. The van der Waals surface area contributed by atoms with Crippen LogP contribution in [-0.4, -0.2) is 79.2 Å². The zero-order chi connectivity index (χ0) is 30.3. The first kappa shape index (κ1) is 31.4.